The van der Waals surface area contributed by atoms with Crippen molar-refractivity contribution in [3.05, 3.63) is 84.2 Å². The maximum atomic E-state index is 12.7. The summed E-state index contributed by atoms with van der Waals surface area (Å²) in [5.74, 6) is -0.766. The zero-order valence-corrected chi connectivity index (χ0v) is 17.6. The van der Waals surface area contributed by atoms with Gasteiger partial charge in [0.1, 0.15) is 0 Å². The standard InChI is InChI=1S/C24H24N4O3/c1-24(2,3)23(31)28-20-11-5-10-19(14-20)27-21(29)16-7-4-9-18(13-16)26-22(30)17-8-6-12-25-15-17/h4-15H,1-3H3,(H,26,30)(H,27,29)(H,28,31). The Bertz CT molecular complexity index is 1110. The van der Waals surface area contributed by atoms with E-state index < -0.39 is 5.41 Å². The van der Waals surface area contributed by atoms with E-state index in [-0.39, 0.29) is 17.7 Å². The van der Waals surface area contributed by atoms with Crippen LogP contribution < -0.4 is 16.0 Å². The summed E-state index contributed by atoms with van der Waals surface area (Å²) in [6.45, 7) is 5.48. The number of hydrogen-bond acceptors (Lipinski definition) is 4. The number of rotatable bonds is 5. The molecule has 0 fully saturated rings. The van der Waals surface area contributed by atoms with Gasteiger partial charge in [0.2, 0.25) is 5.91 Å². The van der Waals surface area contributed by atoms with Crippen LogP contribution in [-0.4, -0.2) is 22.7 Å². The molecule has 31 heavy (non-hydrogen) atoms. The van der Waals surface area contributed by atoms with Crippen molar-refractivity contribution < 1.29 is 14.4 Å². The monoisotopic (exact) mass is 416 g/mol. The second-order valence-electron chi connectivity index (χ2n) is 8.02. The first-order valence-electron chi connectivity index (χ1n) is 9.77. The van der Waals surface area contributed by atoms with Crippen molar-refractivity contribution in [3.63, 3.8) is 0 Å². The van der Waals surface area contributed by atoms with Crippen molar-refractivity contribution in [2.24, 2.45) is 5.41 Å². The fraction of sp³-hybridized carbons (Fsp3) is 0.167. The van der Waals surface area contributed by atoms with Crippen LogP contribution >= 0.6 is 0 Å². The van der Waals surface area contributed by atoms with Crippen molar-refractivity contribution in [3.8, 4) is 0 Å². The van der Waals surface area contributed by atoms with E-state index in [1.54, 1.807) is 66.9 Å². The molecule has 0 spiro atoms. The molecular formula is C24H24N4O3. The summed E-state index contributed by atoms with van der Waals surface area (Å²) in [5, 5.41) is 8.40. The molecule has 3 N–H and O–H groups in total. The third-order valence-electron chi connectivity index (χ3n) is 4.37. The van der Waals surface area contributed by atoms with Gasteiger partial charge in [-0.2, -0.15) is 0 Å². The maximum Gasteiger partial charge on any atom is 0.257 e. The smallest absolute Gasteiger partial charge is 0.257 e. The van der Waals surface area contributed by atoms with E-state index in [1.807, 2.05) is 20.8 Å². The van der Waals surface area contributed by atoms with Gasteiger partial charge >= 0.3 is 0 Å². The minimum absolute atomic E-state index is 0.118. The Morgan fingerprint density at radius 3 is 1.87 bits per heavy atom. The van der Waals surface area contributed by atoms with Gasteiger partial charge in [-0.3, -0.25) is 19.4 Å². The van der Waals surface area contributed by atoms with E-state index in [1.165, 1.54) is 6.20 Å². The molecule has 0 unspecified atom stereocenters. The Kier molecular flexibility index (Phi) is 6.45. The van der Waals surface area contributed by atoms with Gasteiger partial charge in [-0.25, -0.2) is 0 Å². The van der Waals surface area contributed by atoms with Crippen LogP contribution in [0.5, 0.6) is 0 Å². The van der Waals surface area contributed by atoms with E-state index in [2.05, 4.69) is 20.9 Å². The number of nitrogens with zero attached hydrogens (tertiary/aromatic N) is 1. The van der Waals surface area contributed by atoms with E-state index in [0.29, 0.717) is 28.2 Å². The predicted octanol–water partition coefficient (Wildman–Crippen LogP) is 4.57. The van der Waals surface area contributed by atoms with E-state index >= 15 is 0 Å². The normalized spacial score (nSPS) is 10.8. The van der Waals surface area contributed by atoms with E-state index in [9.17, 15) is 14.4 Å². The molecule has 3 amide bonds. The summed E-state index contributed by atoms with van der Waals surface area (Å²) in [6.07, 6.45) is 3.06. The second kappa shape index (κ2) is 9.21. The number of anilines is 3. The summed E-state index contributed by atoms with van der Waals surface area (Å²) in [4.78, 5) is 41.1. The molecule has 3 rings (SSSR count). The molecule has 3 aromatic rings. The van der Waals surface area contributed by atoms with Gasteiger partial charge in [0, 0.05) is 40.4 Å². The average molecular weight is 416 g/mol. The molecule has 0 bridgehead atoms. The largest absolute Gasteiger partial charge is 0.326 e. The van der Waals surface area contributed by atoms with Gasteiger partial charge in [0.15, 0.2) is 0 Å². The van der Waals surface area contributed by atoms with Crippen LogP contribution in [0.1, 0.15) is 41.5 Å². The Labute approximate surface area is 180 Å². The van der Waals surface area contributed by atoms with Gasteiger partial charge in [-0.05, 0) is 48.5 Å². The fourth-order valence-corrected chi connectivity index (χ4v) is 2.64. The molecule has 0 aliphatic heterocycles. The van der Waals surface area contributed by atoms with Crippen LogP contribution in [0, 0.1) is 5.41 Å². The zero-order chi connectivity index (χ0) is 22.4. The lowest BCUT2D eigenvalue weighted by atomic mass is 9.95. The van der Waals surface area contributed by atoms with E-state index in [0.717, 1.165) is 0 Å². The first-order valence-corrected chi connectivity index (χ1v) is 9.77. The van der Waals surface area contributed by atoms with Crippen molar-refractivity contribution in [2.45, 2.75) is 20.8 Å². The molecular weight excluding hydrogens is 392 g/mol. The molecule has 0 aliphatic rings. The van der Waals surface area contributed by atoms with Crippen LogP contribution in [0.15, 0.2) is 73.1 Å². The SMILES string of the molecule is CC(C)(C)C(=O)Nc1cccc(NC(=O)c2cccc(NC(=O)c3cccnc3)c2)c1. The lowest BCUT2D eigenvalue weighted by molar-refractivity contribution is -0.123. The third-order valence-corrected chi connectivity index (χ3v) is 4.37. The van der Waals surface area contributed by atoms with Crippen LogP contribution in [-0.2, 0) is 4.79 Å². The Hall–Kier alpha value is -4.00. The quantitative estimate of drug-likeness (QED) is 0.567. The summed E-state index contributed by atoms with van der Waals surface area (Å²) < 4.78 is 0. The Morgan fingerprint density at radius 1 is 0.710 bits per heavy atom. The fourth-order valence-electron chi connectivity index (χ4n) is 2.64. The van der Waals surface area contributed by atoms with Crippen LogP contribution in [0.25, 0.3) is 0 Å². The first-order chi connectivity index (χ1) is 14.7. The molecule has 2 aromatic carbocycles. The van der Waals surface area contributed by atoms with Crippen molar-refractivity contribution in [1.29, 1.82) is 0 Å². The lowest BCUT2D eigenvalue weighted by Gasteiger charge is -2.18. The molecule has 1 aromatic heterocycles. The van der Waals surface area contributed by atoms with Gasteiger partial charge in [-0.1, -0.05) is 32.9 Å². The number of pyridine rings is 1. The highest BCUT2D eigenvalue weighted by Gasteiger charge is 2.21. The van der Waals surface area contributed by atoms with Crippen molar-refractivity contribution >= 4 is 34.8 Å². The molecule has 7 nitrogen and oxygen atoms in total. The average Bonchev–Trinajstić information content (AvgIpc) is 2.74. The van der Waals surface area contributed by atoms with Crippen LogP contribution in [0.2, 0.25) is 0 Å². The van der Waals surface area contributed by atoms with Crippen LogP contribution in [0.3, 0.4) is 0 Å². The van der Waals surface area contributed by atoms with Crippen molar-refractivity contribution in [1.82, 2.24) is 4.98 Å². The third kappa shape index (κ3) is 5.99. The highest BCUT2D eigenvalue weighted by atomic mass is 16.2. The number of carbonyl (C=O) groups excluding carboxylic acids is 3. The topological polar surface area (TPSA) is 100 Å². The highest BCUT2D eigenvalue weighted by Crippen LogP contribution is 2.21. The summed E-state index contributed by atoms with van der Waals surface area (Å²) in [6, 6.07) is 16.9. The number of aromatic nitrogens is 1. The first kappa shape index (κ1) is 21.7. The zero-order valence-electron chi connectivity index (χ0n) is 17.6. The molecule has 7 heteroatoms. The number of carbonyl (C=O) groups is 3. The number of amides is 3. The Balaban J connectivity index is 1.68. The molecule has 0 aliphatic carbocycles. The second-order valence-corrected chi connectivity index (χ2v) is 8.02. The Morgan fingerprint density at radius 2 is 1.26 bits per heavy atom. The number of nitrogens with one attached hydrogen (secondary N) is 3. The van der Waals surface area contributed by atoms with Gasteiger partial charge < -0.3 is 16.0 Å². The number of benzene rings is 2. The van der Waals surface area contributed by atoms with Gasteiger partial charge in [-0.15, -0.1) is 0 Å². The molecule has 1 heterocycles. The summed E-state index contributed by atoms with van der Waals surface area (Å²) in [5.41, 5.74) is 1.91. The highest BCUT2D eigenvalue weighted by molar-refractivity contribution is 6.07. The summed E-state index contributed by atoms with van der Waals surface area (Å²) in [7, 11) is 0. The van der Waals surface area contributed by atoms with E-state index in [4.69, 9.17) is 0 Å². The van der Waals surface area contributed by atoms with Crippen LogP contribution in [0.4, 0.5) is 17.1 Å². The maximum absolute atomic E-state index is 12.7. The molecule has 0 saturated heterocycles. The molecule has 0 saturated carbocycles. The van der Waals surface area contributed by atoms with Gasteiger partial charge in [0.05, 0.1) is 5.56 Å². The number of hydrogen-bond donors (Lipinski definition) is 3. The minimum Gasteiger partial charge on any atom is -0.326 e. The van der Waals surface area contributed by atoms with Gasteiger partial charge in [0.25, 0.3) is 11.8 Å². The van der Waals surface area contributed by atoms with Crippen molar-refractivity contribution in [2.75, 3.05) is 16.0 Å². The molecule has 158 valence electrons. The minimum atomic E-state index is -0.528. The predicted molar refractivity (Wildman–Crippen MR) is 121 cm³/mol. The molecule has 0 atom stereocenters. The lowest BCUT2D eigenvalue weighted by Crippen LogP contribution is -2.27. The molecule has 0 radical (unpaired) electrons. The summed E-state index contributed by atoms with van der Waals surface area (Å²) >= 11 is 0.